The number of carbonyl (C=O) groups excluding carboxylic acids is 1. The zero-order chi connectivity index (χ0) is 26.6. The van der Waals surface area contributed by atoms with Gasteiger partial charge >= 0.3 is 6.18 Å². The van der Waals surface area contributed by atoms with E-state index in [-0.39, 0.29) is 24.0 Å². The van der Waals surface area contributed by atoms with Crippen molar-refractivity contribution in [2.75, 3.05) is 19.6 Å². The molecule has 3 heterocycles. The molecule has 0 aromatic carbocycles. The molecule has 1 saturated carbocycles. The van der Waals surface area contributed by atoms with Crippen LogP contribution < -0.4 is 4.74 Å². The number of halogens is 4. The van der Waals surface area contributed by atoms with Crippen LogP contribution in [0.3, 0.4) is 0 Å². The van der Waals surface area contributed by atoms with Gasteiger partial charge in [0.1, 0.15) is 17.2 Å². The number of carbonyl (C=O) groups is 1. The highest BCUT2D eigenvalue weighted by atomic mass is 19.4. The zero-order valence-corrected chi connectivity index (χ0v) is 21.5. The normalized spacial score (nSPS) is 23.8. The molecule has 37 heavy (non-hydrogen) atoms. The van der Waals surface area contributed by atoms with Gasteiger partial charge in [0.15, 0.2) is 6.10 Å². The van der Waals surface area contributed by atoms with E-state index in [1.54, 1.807) is 19.2 Å². The number of ether oxygens (including phenoxy) is 1. The Kier molecular flexibility index (Phi) is 8.56. The van der Waals surface area contributed by atoms with Crippen molar-refractivity contribution in [2.45, 2.75) is 89.6 Å². The molecule has 0 saturated heterocycles. The molecule has 204 valence electrons. The highest BCUT2D eigenvalue weighted by molar-refractivity contribution is 5.80. The van der Waals surface area contributed by atoms with Crippen LogP contribution >= 0.6 is 0 Å². The maximum Gasteiger partial charge on any atom is 0.425 e. The quantitative estimate of drug-likeness (QED) is 0.397. The lowest BCUT2D eigenvalue weighted by Gasteiger charge is -2.35. The molecule has 0 unspecified atom stereocenters. The first kappa shape index (κ1) is 27.5. The molecular formula is C27H35F4N3O3. The molecular weight excluding hydrogens is 490 g/mol. The van der Waals surface area contributed by atoms with E-state index >= 15 is 4.39 Å². The van der Waals surface area contributed by atoms with E-state index in [4.69, 9.17) is 9.15 Å². The van der Waals surface area contributed by atoms with Crippen LogP contribution in [0.4, 0.5) is 17.6 Å². The second-order valence-electron chi connectivity index (χ2n) is 10.5. The molecule has 0 radical (unpaired) electrons. The summed E-state index contributed by atoms with van der Waals surface area (Å²) in [4.78, 5) is 23.0. The first-order chi connectivity index (χ1) is 17.5. The van der Waals surface area contributed by atoms with Crippen molar-refractivity contribution in [1.82, 2.24) is 14.9 Å². The molecule has 2 aliphatic rings. The van der Waals surface area contributed by atoms with Crippen molar-refractivity contribution in [3.05, 3.63) is 41.2 Å². The summed E-state index contributed by atoms with van der Waals surface area (Å²) in [5.41, 5.74) is 0.509. The number of hydrogen-bond acceptors (Lipinski definition) is 6. The average Bonchev–Trinajstić information content (AvgIpc) is 3.13. The van der Waals surface area contributed by atoms with Crippen molar-refractivity contribution in [2.24, 2.45) is 5.92 Å². The van der Waals surface area contributed by atoms with Gasteiger partial charge in [0.05, 0.1) is 12.6 Å². The molecule has 1 aliphatic heterocycles. The highest BCUT2D eigenvalue weighted by Gasteiger charge is 2.39. The van der Waals surface area contributed by atoms with Gasteiger partial charge in [-0.2, -0.15) is 13.2 Å². The van der Waals surface area contributed by atoms with Crippen LogP contribution in [0.1, 0.15) is 68.4 Å². The Morgan fingerprint density at radius 2 is 1.97 bits per heavy atom. The molecule has 0 bridgehead atoms. The number of alkyl halides is 4. The number of aryl methyl sites for hydroxylation is 1. The standard InChI is InChI=1S/C27H35F4N3O3/c1-18-17-32-25(36-18)16-22(35)15-20-5-9-26(28,10-6-20)11-14-34-12-7-21-3-4-24(33-23(21)8-13-34)37-19(2)27(29,30)31/h3-4,17,19-20H,5-16H2,1-2H3/t19-,20?,26?/m1/s1. The largest absolute Gasteiger partial charge is 0.465 e. The summed E-state index contributed by atoms with van der Waals surface area (Å²) in [6.45, 7) is 4.80. The summed E-state index contributed by atoms with van der Waals surface area (Å²) in [5, 5.41) is 0. The van der Waals surface area contributed by atoms with Crippen LogP contribution in [0, 0.1) is 12.8 Å². The summed E-state index contributed by atoms with van der Waals surface area (Å²) in [6, 6.07) is 3.27. The first-order valence-electron chi connectivity index (χ1n) is 13.1. The summed E-state index contributed by atoms with van der Waals surface area (Å²) in [6.07, 6.45) is -0.114. The van der Waals surface area contributed by atoms with Crippen molar-refractivity contribution in [3.63, 3.8) is 0 Å². The summed E-state index contributed by atoms with van der Waals surface area (Å²) in [7, 11) is 0. The smallest absolute Gasteiger partial charge is 0.425 e. The fraction of sp³-hybridized carbons (Fsp3) is 0.667. The third kappa shape index (κ3) is 7.75. The van der Waals surface area contributed by atoms with Gasteiger partial charge in [0, 0.05) is 44.2 Å². The Bertz CT molecular complexity index is 1060. The van der Waals surface area contributed by atoms with Crippen LogP contribution in [0.2, 0.25) is 0 Å². The van der Waals surface area contributed by atoms with E-state index in [1.165, 1.54) is 6.07 Å². The van der Waals surface area contributed by atoms with Crippen LogP contribution in [0.25, 0.3) is 0 Å². The van der Waals surface area contributed by atoms with Crippen LogP contribution in [0.15, 0.2) is 22.7 Å². The predicted octanol–water partition coefficient (Wildman–Crippen LogP) is 5.60. The molecule has 6 nitrogen and oxygen atoms in total. The Morgan fingerprint density at radius 1 is 1.24 bits per heavy atom. The number of hydrogen-bond donors (Lipinski definition) is 0. The molecule has 1 aliphatic carbocycles. The minimum absolute atomic E-state index is 0.0227. The second kappa shape index (κ2) is 11.5. The molecule has 10 heteroatoms. The number of fused-ring (bicyclic) bond motifs is 1. The third-order valence-corrected chi connectivity index (χ3v) is 7.57. The van der Waals surface area contributed by atoms with Crippen LogP contribution in [-0.2, 0) is 24.1 Å². The van der Waals surface area contributed by atoms with Crippen molar-refractivity contribution in [1.29, 1.82) is 0 Å². The number of oxazole rings is 1. The number of pyridine rings is 1. The SMILES string of the molecule is Cc1cnc(CC(=O)CC2CCC(F)(CCN3CCc4ccc(O[C@H](C)C(F)(F)F)nc4CC3)CC2)o1. The zero-order valence-electron chi connectivity index (χ0n) is 21.5. The minimum Gasteiger partial charge on any atom is -0.465 e. The number of nitrogens with zero attached hydrogens (tertiary/aromatic N) is 3. The first-order valence-corrected chi connectivity index (χ1v) is 13.1. The van der Waals surface area contributed by atoms with E-state index in [0.29, 0.717) is 76.1 Å². The fourth-order valence-corrected chi connectivity index (χ4v) is 5.20. The summed E-state index contributed by atoms with van der Waals surface area (Å²) in [5.74, 6) is 1.37. The third-order valence-electron chi connectivity index (χ3n) is 7.57. The highest BCUT2D eigenvalue weighted by Crippen LogP contribution is 2.39. The van der Waals surface area contributed by atoms with E-state index in [9.17, 15) is 18.0 Å². The number of aromatic nitrogens is 2. The molecule has 2 aromatic heterocycles. The van der Waals surface area contributed by atoms with Crippen LogP contribution in [-0.4, -0.2) is 58.2 Å². The maximum absolute atomic E-state index is 15.6. The fourth-order valence-electron chi connectivity index (χ4n) is 5.20. The molecule has 2 aromatic rings. The average molecular weight is 526 g/mol. The Labute approximate surface area is 214 Å². The van der Waals surface area contributed by atoms with Gasteiger partial charge in [-0.1, -0.05) is 6.07 Å². The lowest BCUT2D eigenvalue weighted by molar-refractivity contribution is -0.190. The van der Waals surface area contributed by atoms with E-state index in [0.717, 1.165) is 24.7 Å². The Balaban J connectivity index is 1.21. The topological polar surface area (TPSA) is 68.5 Å². The Morgan fingerprint density at radius 3 is 2.65 bits per heavy atom. The van der Waals surface area contributed by atoms with Crippen LogP contribution in [0.5, 0.6) is 5.88 Å². The molecule has 1 fully saturated rings. The molecule has 4 rings (SSSR count). The van der Waals surface area contributed by atoms with Crippen molar-refractivity contribution in [3.8, 4) is 5.88 Å². The van der Waals surface area contributed by atoms with Gasteiger partial charge in [0.2, 0.25) is 11.8 Å². The lowest BCUT2D eigenvalue weighted by atomic mass is 9.76. The molecule has 0 amide bonds. The maximum atomic E-state index is 15.6. The van der Waals surface area contributed by atoms with E-state index in [2.05, 4.69) is 14.9 Å². The van der Waals surface area contributed by atoms with E-state index < -0.39 is 17.9 Å². The monoisotopic (exact) mass is 525 g/mol. The molecule has 1 atom stereocenters. The predicted molar refractivity (Wildman–Crippen MR) is 129 cm³/mol. The van der Waals surface area contributed by atoms with Gasteiger partial charge in [-0.05, 0) is 63.9 Å². The van der Waals surface area contributed by atoms with Gasteiger partial charge in [-0.15, -0.1) is 0 Å². The van der Waals surface area contributed by atoms with Gasteiger partial charge in [-0.3, -0.25) is 4.79 Å². The number of Topliss-reactive ketones (excluding diaryl/α,β-unsaturated/α-hetero) is 1. The van der Waals surface area contributed by atoms with Gasteiger partial charge in [-0.25, -0.2) is 14.4 Å². The van der Waals surface area contributed by atoms with Crippen molar-refractivity contribution < 1.29 is 31.5 Å². The molecule has 0 spiro atoms. The Hall–Kier alpha value is -2.49. The lowest BCUT2D eigenvalue weighted by Crippen LogP contribution is -2.36. The number of rotatable bonds is 9. The van der Waals surface area contributed by atoms with Gasteiger partial charge < -0.3 is 14.1 Å². The minimum atomic E-state index is -4.45. The second-order valence-corrected chi connectivity index (χ2v) is 10.5. The number of ketones is 1. The summed E-state index contributed by atoms with van der Waals surface area (Å²) >= 11 is 0. The van der Waals surface area contributed by atoms with E-state index in [1.807, 2.05) is 0 Å². The van der Waals surface area contributed by atoms with Gasteiger partial charge in [0.25, 0.3) is 0 Å². The molecule has 0 N–H and O–H groups in total. The van der Waals surface area contributed by atoms with Crippen molar-refractivity contribution >= 4 is 5.78 Å². The summed E-state index contributed by atoms with van der Waals surface area (Å²) < 4.78 is 64.4.